The second-order valence-electron chi connectivity index (χ2n) is 4.92. The van der Waals surface area contributed by atoms with Crippen molar-refractivity contribution >= 4 is 16.7 Å². The van der Waals surface area contributed by atoms with Crippen molar-refractivity contribution < 1.29 is 5.21 Å². The molecule has 2 N–H and O–H groups in total. The average molecular weight is 281 g/mol. The van der Waals surface area contributed by atoms with Crippen molar-refractivity contribution in [1.29, 1.82) is 0 Å². The number of nitrogens with zero attached hydrogens (tertiary/aromatic N) is 2. The lowest BCUT2D eigenvalue weighted by atomic mass is 10.1. The van der Waals surface area contributed by atoms with Crippen LogP contribution in [0.1, 0.15) is 11.1 Å². The van der Waals surface area contributed by atoms with Gasteiger partial charge in [-0.25, -0.2) is 4.98 Å². The van der Waals surface area contributed by atoms with E-state index >= 15 is 0 Å². The molecule has 3 aromatic rings. The molecule has 0 bridgehead atoms. The smallest absolute Gasteiger partial charge is 0.286 e. The molecule has 0 radical (unpaired) electrons. The molecule has 106 valence electrons. The Balaban J connectivity index is 1.95. The van der Waals surface area contributed by atoms with Crippen molar-refractivity contribution in [2.45, 2.75) is 13.5 Å². The third-order valence-corrected chi connectivity index (χ3v) is 3.36. The number of hydrogen-bond donors (Lipinski definition) is 2. The molecule has 0 aliphatic heterocycles. The third kappa shape index (κ3) is 2.58. The van der Waals surface area contributed by atoms with Gasteiger partial charge in [-0.2, -0.15) is 0 Å². The number of rotatable bonds is 3. The van der Waals surface area contributed by atoms with Crippen LogP contribution >= 0.6 is 0 Å². The van der Waals surface area contributed by atoms with Gasteiger partial charge in [0.25, 0.3) is 5.56 Å². The van der Waals surface area contributed by atoms with E-state index in [1.165, 1.54) is 17.8 Å². The van der Waals surface area contributed by atoms with Gasteiger partial charge in [0.05, 0.1) is 5.69 Å². The number of anilines is 1. The maximum atomic E-state index is 11.7. The molecule has 0 unspecified atom stereocenters. The number of benzene rings is 1. The van der Waals surface area contributed by atoms with Crippen LogP contribution in [0.25, 0.3) is 11.0 Å². The molecule has 5 nitrogen and oxygen atoms in total. The van der Waals surface area contributed by atoms with E-state index in [-0.39, 0.29) is 5.65 Å². The summed E-state index contributed by atoms with van der Waals surface area (Å²) in [6.07, 6.45) is 1.54. The Morgan fingerprint density at radius 3 is 2.76 bits per heavy atom. The number of fused-ring (bicyclic) bond motifs is 1. The molecule has 1 aromatic carbocycles. The molecule has 0 fully saturated rings. The maximum absolute atomic E-state index is 11.7. The Hall–Kier alpha value is -2.82. The zero-order chi connectivity index (χ0) is 14.8. The van der Waals surface area contributed by atoms with E-state index in [9.17, 15) is 10.0 Å². The zero-order valence-electron chi connectivity index (χ0n) is 11.6. The van der Waals surface area contributed by atoms with Gasteiger partial charge < -0.3 is 10.5 Å². The van der Waals surface area contributed by atoms with Crippen molar-refractivity contribution in [3.05, 3.63) is 70.1 Å². The largest absolute Gasteiger partial charge is 0.423 e. The van der Waals surface area contributed by atoms with Gasteiger partial charge in [-0.05, 0) is 24.6 Å². The second-order valence-corrected chi connectivity index (χ2v) is 4.92. The Morgan fingerprint density at radius 2 is 2.00 bits per heavy atom. The number of aromatic nitrogens is 2. The Labute approximate surface area is 121 Å². The summed E-state index contributed by atoms with van der Waals surface area (Å²) in [5.74, 6) is 0. The van der Waals surface area contributed by atoms with Gasteiger partial charge in [0, 0.05) is 24.2 Å². The first-order valence-corrected chi connectivity index (χ1v) is 6.64. The molecule has 0 saturated carbocycles. The summed E-state index contributed by atoms with van der Waals surface area (Å²) in [7, 11) is 0. The molecule has 0 amide bonds. The minimum Gasteiger partial charge on any atom is -0.423 e. The third-order valence-electron chi connectivity index (χ3n) is 3.36. The highest BCUT2D eigenvalue weighted by Gasteiger charge is 2.08. The summed E-state index contributed by atoms with van der Waals surface area (Å²) < 4.78 is 0.562. The van der Waals surface area contributed by atoms with Gasteiger partial charge in [-0.3, -0.25) is 4.79 Å². The maximum Gasteiger partial charge on any atom is 0.286 e. The molecule has 2 heterocycles. The molecule has 2 aromatic heterocycles. The van der Waals surface area contributed by atoms with Crippen molar-refractivity contribution in [2.75, 3.05) is 5.32 Å². The molecular formula is C16H15N3O2. The average Bonchev–Trinajstić information content (AvgIpc) is 2.51. The monoisotopic (exact) mass is 281 g/mol. The topological polar surface area (TPSA) is 67.2 Å². The Kier molecular flexibility index (Phi) is 3.31. The van der Waals surface area contributed by atoms with E-state index in [1.54, 1.807) is 6.07 Å². The molecule has 0 aliphatic rings. The summed E-state index contributed by atoms with van der Waals surface area (Å²) in [5, 5.41) is 13.6. The highest BCUT2D eigenvalue weighted by molar-refractivity contribution is 5.88. The molecule has 0 saturated heterocycles. The van der Waals surface area contributed by atoms with Crippen molar-refractivity contribution in [1.82, 2.24) is 9.71 Å². The van der Waals surface area contributed by atoms with Crippen LogP contribution in [0.3, 0.4) is 0 Å². The van der Waals surface area contributed by atoms with Crippen LogP contribution in [-0.4, -0.2) is 14.9 Å². The molecule has 3 rings (SSSR count). The first kappa shape index (κ1) is 13.2. The predicted octanol–water partition coefficient (Wildman–Crippen LogP) is 2.55. The minimum absolute atomic E-state index is 0.247. The van der Waals surface area contributed by atoms with Crippen LogP contribution in [0.4, 0.5) is 5.69 Å². The molecule has 0 aliphatic carbocycles. The van der Waals surface area contributed by atoms with E-state index in [0.29, 0.717) is 22.3 Å². The number of aryl methyl sites for hydroxylation is 1. The number of hydrogen-bond acceptors (Lipinski definition) is 4. The van der Waals surface area contributed by atoms with Gasteiger partial charge >= 0.3 is 0 Å². The molecule has 0 atom stereocenters. The van der Waals surface area contributed by atoms with Crippen LogP contribution in [0.5, 0.6) is 0 Å². The van der Waals surface area contributed by atoms with Gasteiger partial charge in [0.2, 0.25) is 0 Å². The van der Waals surface area contributed by atoms with Crippen LogP contribution in [0.2, 0.25) is 0 Å². The van der Waals surface area contributed by atoms with E-state index in [1.807, 2.05) is 37.3 Å². The predicted molar refractivity (Wildman–Crippen MR) is 81.7 cm³/mol. The highest BCUT2D eigenvalue weighted by atomic mass is 16.5. The lowest BCUT2D eigenvalue weighted by molar-refractivity contribution is 0.187. The summed E-state index contributed by atoms with van der Waals surface area (Å²) in [4.78, 5) is 15.8. The van der Waals surface area contributed by atoms with E-state index in [2.05, 4.69) is 10.3 Å². The van der Waals surface area contributed by atoms with Crippen LogP contribution in [-0.2, 0) is 6.54 Å². The first-order chi connectivity index (χ1) is 10.1. The van der Waals surface area contributed by atoms with E-state index in [0.717, 1.165) is 5.56 Å². The van der Waals surface area contributed by atoms with Gasteiger partial charge in [0.15, 0.2) is 5.65 Å². The fourth-order valence-electron chi connectivity index (χ4n) is 2.19. The van der Waals surface area contributed by atoms with Crippen LogP contribution in [0.15, 0.2) is 53.5 Å². The van der Waals surface area contributed by atoms with Crippen molar-refractivity contribution in [3.8, 4) is 0 Å². The van der Waals surface area contributed by atoms with Crippen LogP contribution in [0, 0.1) is 6.92 Å². The fourth-order valence-corrected chi connectivity index (χ4v) is 2.19. The summed E-state index contributed by atoms with van der Waals surface area (Å²) in [6.45, 7) is 2.64. The second kappa shape index (κ2) is 5.28. The quantitative estimate of drug-likeness (QED) is 0.724. The number of nitrogens with one attached hydrogen (secondary N) is 1. The van der Waals surface area contributed by atoms with Crippen molar-refractivity contribution in [3.63, 3.8) is 0 Å². The standard InChI is InChI=1S/C16H15N3O2/c1-11-4-6-12(7-5-11)10-18-14-9-15(20)19(21)16-13(14)3-2-8-17-16/h2-9,18,21H,10H2,1H3. The van der Waals surface area contributed by atoms with Gasteiger partial charge in [-0.1, -0.05) is 29.8 Å². The van der Waals surface area contributed by atoms with Gasteiger partial charge in [-0.15, -0.1) is 4.73 Å². The van der Waals surface area contributed by atoms with E-state index < -0.39 is 5.56 Å². The first-order valence-electron chi connectivity index (χ1n) is 6.64. The zero-order valence-corrected chi connectivity index (χ0v) is 11.6. The fraction of sp³-hybridized carbons (Fsp3) is 0.125. The summed E-state index contributed by atoms with van der Waals surface area (Å²) in [6, 6.07) is 13.1. The normalized spacial score (nSPS) is 10.7. The lowest BCUT2D eigenvalue weighted by Crippen LogP contribution is -2.19. The Bertz CT molecular complexity index is 838. The molecule has 5 heteroatoms. The molecule has 0 spiro atoms. The SMILES string of the molecule is Cc1ccc(CNc2cc(=O)n(O)c3ncccc23)cc1. The molecular weight excluding hydrogens is 266 g/mol. The Morgan fingerprint density at radius 1 is 1.24 bits per heavy atom. The molecule has 21 heavy (non-hydrogen) atoms. The number of pyridine rings is 2. The van der Waals surface area contributed by atoms with Gasteiger partial charge in [0.1, 0.15) is 0 Å². The van der Waals surface area contributed by atoms with Crippen LogP contribution < -0.4 is 10.9 Å². The lowest BCUT2D eigenvalue weighted by Gasteiger charge is -2.10. The summed E-state index contributed by atoms with van der Waals surface area (Å²) >= 11 is 0. The van der Waals surface area contributed by atoms with Crippen molar-refractivity contribution in [2.24, 2.45) is 0 Å². The minimum atomic E-state index is -0.507. The highest BCUT2D eigenvalue weighted by Crippen LogP contribution is 2.19. The van der Waals surface area contributed by atoms with E-state index in [4.69, 9.17) is 0 Å². The summed E-state index contributed by atoms with van der Waals surface area (Å²) in [5.41, 5.74) is 2.72.